The number of carboxylic acids is 3. The van der Waals surface area contributed by atoms with Gasteiger partial charge in [-0.3, -0.25) is 4.48 Å². The summed E-state index contributed by atoms with van der Waals surface area (Å²) in [6.45, 7) is 1.05. The van der Waals surface area contributed by atoms with Gasteiger partial charge >= 0.3 is 17.9 Å². The molecule has 35 heavy (non-hydrogen) atoms. The molecule has 0 fully saturated rings. The summed E-state index contributed by atoms with van der Waals surface area (Å²) < 4.78 is -0.445. The van der Waals surface area contributed by atoms with Gasteiger partial charge in [0.25, 0.3) is 0 Å². The van der Waals surface area contributed by atoms with Gasteiger partial charge in [0, 0.05) is 0 Å². The van der Waals surface area contributed by atoms with E-state index in [2.05, 4.69) is 19.1 Å². The highest BCUT2D eigenvalue weighted by Crippen LogP contribution is 2.14. The first-order valence-electron chi connectivity index (χ1n) is 14.0. The lowest BCUT2D eigenvalue weighted by Gasteiger charge is -2.34. The third-order valence-corrected chi connectivity index (χ3v) is 6.56. The smallest absolute Gasteiger partial charge is 0.359 e. The molecule has 7 nitrogen and oxygen atoms in total. The molecule has 0 aliphatic rings. The number of unbranched alkanes of at least 4 members (excludes halogenated alkanes) is 16. The second-order valence-corrected chi connectivity index (χ2v) is 10.1. The summed E-state index contributed by atoms with van der Waals surface area (Å²) in [7, 11) is 0. The fourth-order valence-electron chi connectivity index (χ4n) is 4.67. The molecule has 0 saturated carbocycles. The van der Waals surface area contributed by atoms with Crippen LogP contribution >= 0.6 is 0 Å². The second-order valence-electron chi connectivity index (χ2n) is 10.1. The molecule has 0 rings (SSSR count). The molecular formula is C28H52NO6+. The molecule has 0 heterocycles. The first-order valence-corrected chi connectivity index (χ1v) is 14.0. The van der Waals surface area contributed by atoms with Crippen molar-refractivity contribution in [3.05, 3.63) is 12.2 Å². The van der Waals surface area contributed by atoms with Gasteiger partial charge in [-0.15, -0.1) is 0 Å². The van der Waals surface area contributed by atoms with E-state index in [0.717, 1.165) is 32.1 Å². The molecule has 0 unspecified atom stereocenters. The minimum Gasteiger partial charge on any atom is -0.477 e. The summed E-state index contributed by atoms with van der Waals surface area (Å²) in [5.41, 5.74) is 0. The van der Waals surface area contributed by atoms with Crippen molar-refractivity contribution in [2.75, 3.05) is 26.2 Å². The molecule has 0 spiro atoms. The van der Waals surface area contributed by atoms with E-state index in [1.54, 1.807) is 0 Å². The van der Waals surface area contributed by atoms with Gasteiger partial charge in [0.2, 0.25) is 0 Å². The fraction of sp³-hybridized carbons (Fsp3) is 0.821. The lowest BCUT2D eigenvalue weighted by molar-refractivity contribution is -0.907. The fourth-order valence-corrected chi connectivity index (χ4v) is 4.67. The van der Waals surface area contributed by atoms with Crippen LogP contribution in [0.1, 0.15) is 122 Å². The monoisotopic (exact) mass is 498 g/mol. The number of aliphatic carboxylic acids is 3. The van der Waals surface area contributed by atoms with Crippen LogP contribution in [-0.2, 0) is 14.4 Å². The van der Waals surface area contributed by atoms with Crippen molar-refractivity contribution >= 4 is 17.9 Å². The number of carboxylic acid groups (broad SMARTS) is 3. The average Bonchev–Trinajstić information content (AvgIpc) is 2.76. The van der Waals surface area contributed by atoms with E-state index in [9.17, 15) is 14.4 Å². The number of rotatable bonds is 26. The number of nitrogens with zero attached hydrogens (tertiary/aromatic N) is 1. The van der Waals surface area contributed by atoms with E-state index in [-0.39, 0.29) is 6.54 Å². The van der Waals surface area contributed by atoms with Crippen LogP contribution in [0.2, 0.25) is 0 Å². The van der Waals surface area contributed by atoms with Crippen molar-refractivity contribution in [2.24, 2.45) is 0 Å². The van der Waals surface area contributed by atoms with Crippen LogP contribution < -0.4 is 0 Å². The molecule has 204 valence electrons. The van der Waals surface area contributed by atoms with Gasteiger partial charge < -0.3 is 15.3 Å². The van der Waals surface area contributed by atoms with Gasteiger partial charge in [-0.2, -0.15) is 0 Å². The third kappa shape index (κ3) is 22.3. The maximum Gasteiger partial charge on any atom is 0.359 e. The van der Waals surface area contributed by atoms with E-state index in [4.69, 9.17) is 15.3 Å². The van der Waals surface area contributed by atoms with Crippen LogP contribution in [0.25, 0.3) is 0 Å². The van der Waals surface area contributed by atoms with Crippen LogP contribution in [-0.4, -0.2) is 63.9 Å². The highest BCUT2D eigenvalue weighted by Gasteiger charge is 2.35. The zero-order chi connectivity index (χ0) is 26.2. The minimum atomic E-state index is -1.18. The predicted molar refractivity (Wildman–Crippen MR) is 141 cm³/mol. The van der Waals surface area contributed by atoms with E-state index < -0.39 is 42.0 Å². The predicted octanol–water partition coefficient (Wildman–Crippen LogP) is 6.65. The maximum absolute atomic E-state index is 11.2. The Balaban J connectivity index is 3.76. The van der Waals surface area contributed by atoms with Gasteiger partial charge in [0.05, 0.1) is 6.54 Å². The molecule has 0 aliphatic heterocycles. The summed E-state index contributed by atoms with van der Waals surface area (Å²) in [4.78, 5) is 33.5. The highest BCUT2D eigenvalue weighted by molar-refractivity contribution is 5.73. The second kappa shape index (κ2) is 22.6. The minimum absolute atomic E-state index is 0.250. The maximum atomic E-state index is 11.2. The summed E-state index contributed by atoms with van der Waals surface area (Å²) in [6, 6.07) is 0. The number of hydrogen-bond acceptors (Lipinski definition) is 3. The standard InChI is InChI=1S/C28H51NO6/c1-2-3-4-5-6-7-8-9-10-11-12-13-14-15-16-17-18-19-20-21-22-29(23-26(30)31,24-27(32)33)25-28(34)35/h15-16H,2-14,17-25H2,1H3,(H2-,30,31,32,33,34,35)/p+1/b16-15+. The van der Waals surface area contributed by atoms with Crippen molar-refractivity contribution in [1.82, 2.24) is 0 Å². The zero-order valence-corrected chi connectivity index (χ0v) is 22.2. The third-order valence-electron chi connectivity index (χ3n) is 6.56. The van der Waals surface area contributed by atoms with E-state index in [0.29, 0.717) is 6.42 Å². The Labute approximate surface area is 213 Å². The van der Waals surface area contributed by atoms with Crippen LogP contribution in [0.4, 0.5) is 0 Å². The van der Waals surface area contributed by atoms with Crippen LogP contribution in [0.5, 0.6) is 0 Å². The Bertz CT molecular complexity index is 549. The summed E-state index contributed by atoms with van der Waals surface area (Å²) in [6.07, 6.45) is 26.5. The number of quaternary nitrogens is 1. The van der Waals surface area contributed by atoms with Crippen molar-refractivity contribution in [2.45, 2.75) is 122 Å². The first-order chi connectivity index (χ1) is 16.8. The largest absolute Gasteiger partial charge is 0.477 e. The Morgan fingerprint density at radius 1 is 0.514 bits per heavy atom. The van der Waals surface area contributed by atoms with Crippen LogP contribution in [0.15, 0.2) is 12.2 Å². The molecule has 0 aromatic rings. The van der Waals surface area contributed by atoms with E-state index in [1.165, 1.54) is 77.0 Å². The molecule has 0 radical (unpaired) electrons. The SMILES string of the molecule is CCCCCCCCCCCCCC/C=C/CCCCCC[N+](CC(=O)O)(CC(=O)O)CC(=O)O. The molecular weight excluding hydrogens is 446 g/mol. The Hall–Kier alpha value is -1.89. The average molecular weight is 499 g/mol. The quantitative estimate of drug-likeness (QED) is 0.0699. The number of carbonyl (C=O) groups is 3. The number of hydrogen-bond donors (Lipinski definition) is 3. The van der Waals surface area contributed by atoms with Gasteiger partial charge in [-0.1, -0.05) is 96.1 Å². The molecule has 0 atom stereocenters. The van der Waals surface area contributed by atoms with Crippen molar-refractivity contribution in [3.63, 3.8) is 0 Å². The van der Waals surface area contributed by atoms with Crippen LogP contribution in [0, 0.1) is 0 Å². The molecule has 0 aromatic carbocycles. The van der Waals surface area contributed by atoms with Gasteiger partial charge in [-0.25, -0.2) is 14.4 Å². The van der Waals surface area contributed by atoms with E-state index in [1.807, 2.05) is 0 Å². The topological polar surface area (TPSA) is 112 Å². The Morgan fingerprint density at radius 2 is 0.829 bits per heavy atom. The lowest BCUT2D eigenvalue weighted by atomic mass is 10.0. The molecule has 0 aromatic heterocycles. The Morgan fingerprint density at radius 3 is 1.17 bits per heavy atom. The van der Waals surface area contributed by atoms with Gasteiger partial charge in [-0.05, 0) is 38.5 Å². The Kier molecular flexibility index (Phi) is 21.3. The van der Waals surface area contributed by atoms with Gasteiger partial charge in [0.15, 0.2) is 19.6 Å². The molecule has 0 amide bonds. The summed E-state index contributed by atoms with van der Waals surface area (Å²) in [5.74, 6) is -3.53. The summed E-state index contributed by atoms with van der Waals surface area (Å²) in [5, 5.41) is 27.4. The molecule has 0 saturated heterocycles. The first kappa shape index (κ1) is 33.1. The summed E-state index contributed by atoms with van der Waals surface area (Å²) >= 11 is 0. The van der Waals surface area contributed by atoms with Crippen molar-refractivity contribution in [3.8, 4) is 0 Å². The molecule has 0 aliphatic carbocycles. The number of allylic oxidation sites excluding steroid dienone is 2. The molecule has 0 bridgehead atoms. The van der Waals surface area contributed by atoms with Crippen molar-refractivity contribution < 1.29 is 34.2 Å². The van der Waals surface area contributed by atoms with E-state index >= 15 is 0 Å². The highest BCUT2D eigenvalue weighted by atomic mass is 16.4. The zero-order valence-electron chi connectivity index (χ0n) is 22.2. The van der Waals surface area contributed by atoms with Gasteiger partial charge in [0.1, 0.15) is 0 Å². The lowest BCUT2D eigenvalue weighted by Crippen LogP contribution is -2.57. The molecule has 3 N–H and O–H groups in total. The van der Waals surface area contributed by atoms with Crippen molar-refractivity contribution in [1.29, 1.82) is 0 Å². The van der Waals surface area contributed by atoms with Crippen LogP contribution in [0.3, 0.4) is 0 Å². The molecule has 7 heteroatoms. The normalized spacial score (nSPS) is 11.8.